The summed E-state index contributed by atoms with van der Waals surface area (Å²) in [6.45, 7) is 1.21. The summed E-state index contributed by atoms with van der Waals surface area (Å²) < 4.78 is 32.6. The molecule has 3 aromatic rings. The van der Waals surface area contributed by atoms with E-state index in [-0.39, 0.29) is 12.1 Å². The van der Waals surface area contributed by atoms with Crippen molar-refractivity contribution in [3.05, 3.63) is 77.6 Å². The van der Waals surface area contributed by atoms with Crippen LogP contribution in [-0.4, -0.2) is 22.0 Å². The quantitative estimate of drug-likeness (QED) is 0.699. The van der Waals surface area contributed by atoms with Crippen LogP contribution < -0.4 is 5.32 Å². The van der Waals surface area contributed by atoms with Gasteiger partial charge in [-0.2, -0.15) is 0 Å². The summed E-state index contributed by atoms with van der Waals surface area (Å²) >= 11 is 0. The molecule has 1 atom stereocenters. The SMILES string of the molecule is CC1(c2ccc(F)cc2F)NC(=O)N(Cc2cc(-c3ccccc3)no2)C1=O. The lowest BCUT2D eigenvalue weighted by molar-refractivity contribution is -0.131. The Hall–Kier alpha value is -3.55. The number of benzene rings is 2. The fourth-order valence-corrected chi connectivity index (χ4v) is 3.21. The number of imide groups is 1. The second-order valence-electron chi connectivity index (χ2n) is 6.62. The molecule has 1 saturated heterocycles. The van der Waals surface area contributed by atoms with Gasteiger partial charge in [0.15, 0.2) is 5.76 Å². The molecule has 0 bridgehead atoms. The maximum atomic E-state index is 14.2. The van der Waals surface area contributed by atoms with E-state index >= 15 is 0 Å². The number of hydrogen-bond donors (Lipinski definition) is 1. The Morgan fingerprint density at radius 1 is 1.11 bits per heavy atom. The summed E-state index contributed by atoms with van der Waals surface area (Å²) in [5.41, 5.74) is -0.364. The highest BCUT2D eigenvalue weighted by molar-refractivity contribution is 6.07. The summed E-state index contributed by atoms with van der Waals surface area (Å²) in [6.07, 6.45) is 0. The van der Waals surface area contributed by atoms with Gasteiger partial charge in [0.2, 0.25) is 0 Å². The van der Waals surface area contributed by atoms with E-state index in [4.69, 9.17) is 4.52 Å². The van der Waals surface area contributed by atoms with Gasteiger partial charge in [-0.3, -0.25) is 9.69 Å². The maximum Gasteiger partial charge on any atom is 0.325 e. The molecular weight excluding hydrogens is 368 g/mol. The molecule has 1 N–H and O–H groups in total. The highest BCUT2D eigenvalue weighted by Gasteiger charge is 2.50. The number of urea groups is 1. The van der Waals surface area contributed by atoms with Gasteiger partial charge in [-0.05, 0) is 13.0 Å². The predicted molar refractivity (Wildman–Crippen MR) is 94.7 cm³/mol. The number of carbonyl (C=O) groups excluding carboxylic acids is 2. The standard InChI is InChI=1S/C20H15F2N3O3/c1-20(15-8-7-13(21)9-16(15)22)18(26)25(19(27)23-20)11-14-10-17(24-28-14)12-5-3-2-4-6-12/h2-10H,11H2,1H3,(H,23,27). The van der Waals surface area contributed by atoms with Crippen molar-refractivity contribution in [1.82, 2.24) is 15.4 Å². The third-order valence-corrected chi connectivity index (χ3v) is 4.69. The normalized spacial score (nSPS) is 19.2. The van der Waals surface area contributed by atoms with Crippen molar-refractivity contribution >= 4 is 11.9 Å². The molecule has 6 nitrogen and oxygen atoms in total. The molecule has 1 fully saturated rings. The minimum Gasteiger partial charge on any atom is -0.359 e. The van der Waals surface area contributed by atoms with Crippen LogP contribution in [0.15, 0.2) is 59.1 Å². The Bertz CT molecular complexity index is 1070. The topological polar surface area (TPSA) is 75.4 Å². The van der Waals surface area contributed by atoms with E-state index in [0.29, 0.717) is 17.5 Å². The lowest BCUT2D eigenvalue weighted by atomic mass is 9.91. The summed E-state index contributed by atoms with van der Waals surface area (Å²) in [5.74, 6) is -2.05. The molecule has 4 rings (SSSR count). The molecule has 8 heteroatoms. The van der Waals surface area contributed by atoms with Gasteiger partial charge in [-0.25, -0.2) is 13.6 Å². The highest BCUT2D eigenvalue weighted by Crippen LogP contribution is 2.32. The predicted octanol–water partition coefficient (Wildman–Crippen LogP) is 3.59. The molecule has 142 valence electrons. The Morgan fingerprint density at radius 2 is 1.86 bits per heavy atom. The first kappa shape index (κ1) is 17.8. The van der Waals surface area contributed by atoms with Crippen LogP contribution in [0.2, 0.25) is 0 Å². The zero-order valence-corrected chi connectivity index (χ0v) is 14.8. The first-order valence-corrected chi connectivity index (χ1v) is 8.49. The van der Waals surface area contributed by atoms with Crippen molar-refractivity contribution < 1.29 is 22.9 Å². The average Bonchev–Trinajstić information content (AvgIpc) is 3.22. The first-order chi connectivity index (χ1) is 13.4. The van der Waals surface area contributed by atoms with E-state index in [1.807, 2.05) is 30.3 Å². The van der Waals surface area contributed by atoms with E-state index < -0.39 is 29.1 Å². The van der Waals surface area contributed by atoms with Crippen LogP contribution in [0.4, 0.5) is 13.6 Å². The van der Waals surface area contributed by atoms with Crippen molar-refractivity contribution in [3.63, 3.8) is 0 Å². The largest absolute Gasteiger partial charge is 0.359 e. The van der Waals surface area contributed by atoms with Gasteiger partial charge in [-0.1, -0.05) is 41.6 Å². The molecular formula is C20H15F2N3O3. The number of rotatable bonds is 4. The molecule has 1 aromatic heterocycles. The Kier molecular flexibility index (Phi) is 4.18. The van der Waals surface area contributed by atoms with E-state index in [1.165, 1.54) is 6.92 Å². The first-order valence-electron chi connectivity index (χ1n) is 8.49. The smallest absolute Gasteiger partial charge is 0.325 e. The summed E-state index contributed by atoms with van der Waals surface area (Å²) in [6, 6.07) is 13.1. The molecule has 0 aliphatic carbocycles. The van der Waals surface area contributed by atoms with Crippen LogP contribution in [-0.2, 0) is 16.9 Å². The second-order valence-corrected chi connectivity index (χ2v) is 6.62. The van der Waals surface area contributed by atoms with Crippen LogP contribution in [0.1, 0.15) is 18.2 Å². The molecule has 3 amide bonds. The van der Waals surface area contributed by atoms with E-state index in [0.717, 1.165) is 22.6 Å². The Balaban J connectivity index is 1.59. The van der Waals surface area contributed by atoms with Gasteiger partial charge in [0.25, 0.3) is 5.91 Å². The van der Waals surface area contributed by atoms with Crippen molar-refractivity contribution in [2.75, 3.05) is 0 Å². The number of hydrogen-bond acceptors (Lipinski definition) is 4. The van der Waals surface area contributed by atoms with Crippen LogP contribution in [0.25, 0.3) is 11.3 Å². The van der Waals surface area contributed by atoms with Crippen molar-refractivity contribution in [2.24, 2.45) is 0 Å². The number of carbonyl (C=O) groups is 2. The zero-order chi connectivity index (χ0) is 19.9. The van der Waals surface area contributed by atoms with Crippen molar-refractivity contribution in [2.45, 2.75) is 19.0 Å². The lowest BCUT2D eigenvalue weighted by Gasteiger charge is -2.22. The molecule has 0 spiro atoms. The van der Waals surface area contributed by atoms with Crippen LogP contribution >= 0.6 is 0 Å². The highest BCUT2D eigenvalue weighted by atomic mass is 19.1. The van der Waals surface area contributed by atoms with Gasteiger partial charge >= 0.3 is 6.03 Å². The van der Waals surface area contributed by atoms with Gasteiger partial charge in [-0.15, -0.1) is 0 Å². The third-order valence-electron chi connectivity index (χ3n) is 4.69. The number of nitrogens with zero attached hydrogens (tertiary/aromatic N) is 2. The number of amides is 3. The van der Waals surface area contributed by atoms with Crippen molar-refractivity contribution in [3.8, 4) is 11.3 Å². The molecule has 28 heavy (non-hydrogen) atoms. The Labute approximate surface area is 158 Å². The third kappa shape index (κ3) is 2.92. The molecule has 1 aliphatic rings. The maximum absolute atomic E-state index is 14.2. The van der Waals surface area contributed by atoms with Crippen LogP contribution in [0.3, 0.4) is 0 Å². The number of nitrogens with one attached hydrogen (secondary N) is 1. The lowest BCUT2D eigenvalue weighted by Crippen LogP contribution is -2.41. The van der Waals surface area contributed by atoms with E-state index in [2.05, 4.69) is 10.5 Å². The number of halogens is 2. The van der Waals surface area contributed by atoms with E-state index in [1.54, 1.807) is 6.07 Å². The minimum absolute atomic E-state index is 0.114. The molecule has 2 heterocycles. The molecule has 0 saturated carbocycles. The summed E-state index contributed by atoms with van der Waals surface area (Å²) in [7, 11) is 0. The number of aromatic nitrogens is 1. The molecule has 2 aromatic carbocycles. The molecule has 1 aliphatic heterocycles. The summed E-state index contributed by atoms with van der Waals surface area (Å²) in [4.78, 5) is 26.2. The van der Waals surface area contributed by atoms with Gasteiger partial charge in [0, 0.05) is 23.3 Å². The Morgan fingerprint density at radius 3 is 2.57 bits per heavy atom. The van der Waals surface area contributed by atoms with Gasteiger partial charge < -0.3 is 9.84 Å². The van der Waals surface area contributed by atoms with Crippen LogP contribution in [0.5, 0.6) is 0 Å². The average molecular weight is 383 g/mol. The van der Waals surface area contributed by atoms with Gasteiger partial charge in [0.05, 0.1) is 6.54 Å². The van der Waals surface area contributed by atoms with Gasteiger partial charge in [0.1, 0.15) is 22.9 Å². The summed E-state index contributed by atoms with van der Waals surface area (Å²) in [5, 5.41) is 6.43. The zero-order valence-electron chi connectivity index (χ0n) is 14.8. The monoisotopic (exact) mass is 383 g/mol. The second kappa shape index (κ2) is 6.56. The van der Waals surface area contributed by atoms with Crippen LogP contribution in [0, 0.1) is 11.6 Å². The molecule has 0 radical (unpaired) electrons. The minimum atomic E-state index is -1.64. The fourth-order valence-electron chi connectivity index (χ4n) is 3.21. The molecule has 1 unspecified atom stereocenters. The van der Waals surface area contributed by atoms with E-state index in [9.17, 15) is 18.4 Å². The fraction of sp³-hybridized carbons (Fsp3) is 0.150. The van der Waals surface area contributed by atoms with Crippen molar-refractivity contribution in [1.29, 1.82) is 0 Å².